The summed E-state index contributed by atoms with van der Waals surface area (Å²) in [5.74, 6) is 5.51. The lowest BCUT2D eigenvalue weighted by molar-refractivity contribution is -0.0396. The van der Waals surface area contributed by atoms with Crippen molar-refractivity contribution in [1.29, 1.82) is 0 Å². The van der Waals surface area contributed by atoms with Gasteiger partial charge < -0.3 is 14.9 Å². The Balaban J connectivity index is 1.19. The highest BCUT2D eigenvalue weighted by molar-refractivity contribution is 7.99. The summed E-state index contributed by atoms with van der Waals surface area (Å²) >= 11 is 2.04. The average molecular weight is 517 g/mol. The van der Waals surface area contributed by atoms with Crippen molar-refractivity contribution in [3.05, 3.63) is 29.3 Å². The lowest BCUT2D eigenvalue weighted by atomic mass is 9.52. The molecule has 36 heavy (non-hydrogen) atoms. The number of aromatic hydroxyl groups is 1. The minimum Gasteiger partial charge on any atom is -0.508 e. The molecule has 0 saturated heterocycles. The molecule has 0 unspecified atom stereocenters. The van der Waals surface area contributed by atoms with E-state index in [4.69, 9.17) is 4.74 Å². The number of benzene rings is 1. The number of aliphatic hydroxyl groups is 1. The molecule has 0 aliphatic heterocycles. The van der Waals surface area contributed by atoms with Crippen LogP contribution >= 0.6 is 11.8 Å². The van der Waals surface area contributed by atoms with E-state index in [9.17, 15) is 10.2 Å². The second-order valence-electron chi connectivity index (χ2n) is 12.3. The summed E-state index contributed by atoms with van der Waals surface area (Å²) in [6.07, 6.45) is 17.2. The number of hydrogen-bond acceptors (Lipinski definition) is 4. The Bertz CT molecular complexity index is 798. The van der Waals surface area contributed by atoms with Crippen molar-refractivity contribution in [2.45, 2.75) is 116 Å². The molecule has 2 fully saturated rings. The van der Waals surface area contributed by atoms with Gasteiger partial charge in [-0.15, -0.1) is 0 Å². The summed E-state index contributed by atoms with van der Waals surface area (Å²) in [4.78, 5) is 0. The van der Waals surface area contributed by atoms with E-state index in [0.29, 0.717) is 29.4 Å². The Morgan fingerprint density at radius 1 is 0.972 bits per heavy atom. The third-order valence-electron chi connectivity index (χ3n) is 9.96. The third kappa shape index (κ3) is 6.83. The fourth-order valence-corrected chi connectivity index (χ4v) is 8.80. The molecule has 0 spiro atoms. The quantitative estimate of drug-likeness (QED) is 0.231. The normalized spacial score (nSPS) is 31.1. The predicted octanol–water partition coefficient (Wildman–Crippen LogP) is 8.12. The standard InChI is InChI=1S/C32H52O3S/c1-3-4-10-20-36-21-19-35-18-9-7-5-6-8-11-24-22-25-23-26(33)12-13-27(25)28-16-17-32(2)29(31(24)28)14-15-30(32)34/h12-13,23-24,28-31,33-34H,3-11,14-22H2,1-2H3/t24-,28-,29+,30+,31-,32+/m1/s1. The van der Waals surface area contributed by atoms with E-state index < -0.39 is 0 Å². The summed E-state index contributed by atoms with van der Waals surface area (Å²) in [5.41, 5.74) is 3.00. The van der Waals surface area contributed by atoms with E-state index in [1.54, 1.807) is 0 Å². The van der Waals surface area contributed by atoms with Crippen LogP contribution in [-0.4, -0.2) is 41.0 Å². The SMILES string of the molecule is CCCCCSCCOCCCCCCC[C@@H]1Cc2cc(O)ccc2[C@H]2CC[C@]3(C)[C@@H](O)CC[C@H]3[C@H]12. The van der Waals surface area contributed by atoms with Gasteiger partial charge in [-0.2, -0.15) is 11.8 Å². The topological polar surface area (TPSA) is 49.7 Å². The molecule has 3 aliphatic rings. The Morgan fingerprint density at radius 3 is 2.67 bits per heavy atom. The summed E-state index contributed by atoms with van der Waals surface area (Å²) in [6.45, 7) is 6.47. The summed E-state index contributed by atoms with van der Waals surface area (Å²) in [6, 6.07) is 6.14. The molecule has 2 N–H and O–H groups in total. The molecule has 0 bridgehead atoms. The molecule has 3 nitrogen and oxygen atoms in total. The number of unbranched alkanes of at least 4 members (excludes halogenated alkanes) is 6. The second kappa shape index (κ2) is 13.9. The maximum absolute atomic E-state index is 10.9. The van der Waals surface area contributed by atoms with Gasteiger partial charge in [0.15, 0.2) is 0 Å². The zero-order valence-corrected chi connectivity index (χ0v) is 23.9. The van der Waals surface area contributed by atoms with Gasteiger partial charge in [0.05, 0.1) is 12.7 Å². The molecule has 0 radical (unpaired) electrons. The van der Waals surface area contributed by atoms with Gasteiger partial charge >= 0.3 is 0 Å². The molecule has 6 atom stereocenters. The first-order valence-corrected chi connectivity index (χ1v) is 16.4. The van der Waals surface area contributed by atoms with Crippen LogP contribution in [0.4, 0.5) is 0 Å². The molecule has 1 aromatic rings. The number of rotatable bonds is 15. The Morgan fingerprint density at radius 2 is 1.81 bits per heavy atom. The highest BCUT2D eigenvalue weighted by Crippen LogP contribution is 2.62. The van der Waals surface area contributed by atoms with E-state index in [2.05, 4.69) is 19.9 Å². The first kappa shape index (κ1) is 28.3. The highest BCUT2D eigenvalue weighted by atomic mass is 32.2. The molecule has 3 aliphatic carbocycles. The number of thioether (sulfide) groups is 1. The Hall–Kier alpha value is -0.710. The third-order valence-corrected chi connectivity index (χ3v) is 11.0. The van der Waals surface area contributed by atoms with Crippen LogP contribution in [0.5, 0.6) is 5.75 Å². The molecule has 0 aromatic heterocycles. The average Bonchev–Trinajstić information content (AvgIpc) is 3.18. The van der Waals surface area contributed by atoms with Gasteiger partial charge in [-0.25, -0.2) is 0 Å². The Kier molecular flexibility index (Phi) is 10.9. The van der Waals surface area contributed by atoms with E-state index in [1.807, 2.05) is 23.9 Å². The maximum atomic E-state index is 10.9. The van der Waals surface area contributed by atoms with E-state index >= 15 is 0 Å². The molecule has 4 rings (SSSR count). The van der Waals surface area contributed by atoms with Crippen LogP contribution in [0.2, 0.25) is 0 Å². The molecular weight excluding hydrogens is 464 g/mol. The van der Waals surface area contributed by atoms with Crippen molar-refractivity contribution in [3.8, 4) is 5.75 Å². The van der Waals surface area contributed by atoms with Crippen LogP contribution in [0, 0.1) is 23.2 Å². The number of aliphatic hydroxyl groups excluding tert-OH is 1. The van der Waals surface area contributed by atoms with Gasteiger partial charge in [0, 0.05) is 12.4 Å². The maximum Gasteiger partial charge on any atom is 0.115 e. The van der Waals surface area contributed by atoms with E-state index in [-0.39, 0.29) is 11.5 Å². The van der Waals surface area contributed by atoms with Gasteiger partial charge in [0.25, 0.3) is 0 Å². The molecule has 4 heteroatoms. The number of phenols is 1. The molecular formula is C32H52O3S. The molecule has 1 aromatic carbocycles. The van der Waals surface area contributed by atoms with Crippen LogP contribution in [0.1, 0.15) is 114 Å². The van der Waals surface area contributed by atoms with Gasteiger partial charge in [0.2, 0.25) is 0 Å². The van der Waals surface area contributed by atoms with Crippen molar-refractivity contribution < 1.29 is 14.9 Å². The number of fused-ring (bicyclic) bond motifs is 5. The molecule has 204 valence electrons. The number of ether oxygens (including phenoxy) is 1. The van der Waals surface area contributed by atoms with Gasteiger partial charge in [-0.1, -0.05) is 58.4 Å². The minimum absolute atomic E-state index is 0.113. The Labute approximate surface area is 225 Å². The van der Waals surface area contributed by atoms with Crippen LogP contribution in [-0.2, 0) is 11.2 Å². The fourth-order valence-electron chi connectivity index (χ4n) is 7.95. The van der Waals surface area contributed by atoms with Crippen LogP contribution in [0.3, 0.4) is 0 Å². The lowest BCUT2D eigenvalue weighted by Gasteiger charge is -2.53. The molecule has 0 heterocycles. The molecule has 0 amide bonds. The predicted molar refractivity (Wildman–Crippen MR) is 153 cm³/mol. The minimum atomic E-state index is -0.118. The van der Waals surface area contributed by atoms with Crippen molar-refractivity contribution in [3.63, 3.8) is 0 Å². The summed E-state index contributed by atoms with van der Waals surface area (Å²) in [7, 11) is 0. The zero-order chi connectivity index (χ0) is 25.4. The zero-order valence-electron chi connectivity index (χ0n) is 23.1. The van der Waals surface area contributed by atoms with Crippen molar-refractivity contribution in [1.82, 2.24) is 0 Å². The number of phenolic OH excluding ortho intramolecular Hbond substituents is 1. The second-order valence-corrected chi connectivity index (χ2v) is 13.5. The van der Waals surface area contributed by atoms with Crippen LogP contribution in [0.25, 0.3) is 0 Å². The number of hydrogen-bond donors (Lipinski definition) is 2. The van der Waals surface area contributed by atoms with Crippen molar-refractivity contribution in [2.24, 2.45) is 23.2 Å². The smallest absolute Gasteiger partial charge is 0.115 e. The van der Waals surface area contributed by atoms with E-state index in [0.717, 1.165) is 38.2 Å². The first-order valence-electron chi connectivity index (χ1n) is 15.2. The van der Waals surface area contributed by atoms with Crippen molar-refractivity contribution >= 4 is 11.8 Å². The van der Waals surface area contributed by atoms with Crippen molar-refractivity contribution in [2.75, 3.05) is 24.7 Å². The highest BCUT2D eigenvalue weighted by Gasteiger charge is 2.56. The van der Waals surface area contributed by atoms with Crippen LogP contribution in [0.15, 0.2) is 18.2 Å². The van der Waals surface area contributed by atoms with E-state index in [1.165, 1.54) is 87.5 Å². The summed E-state index contributed by atoms with van der Waals surface area (Å²) < 4.78 is 5.84. The van der Waals surface area contributed by atoms with Gasteiger partial charge in [0.1, 0.15) is 5.75 Å². The monoisotopic (exact) mass is 516 g/mol. The van der Waals surface area contributed by atoms with Crippen LogP contribution < -0.4 is 0 Å². The largest absolute Gasteiger partial charge is 0.508 e. The first-order chi connectivity index (χ1) is 17.5. The van der Waals surface area contributed by atoms with Gasteiger partial charge in [-0.05, 0) is 109 Å². The van der Waals surface area contributed by atoms with Gasteiger partial charge in [-0.3, -0.25) is 0 Å². The lowest BCUT2D eigenvalue weighted by Crippen LogP contribution is -2.47. The summed E-state index contributed by atoms with van der Waals surface area (Å²) in [5, 5.41) is 21.0. The fraction of sp³-hybridized carbons (Fsp3) is 0.812. The molecule has 2 saturated carbocycles.